The molecule has 2 heterocycles. The molecule has 0 atom stereocenters. The van der Waals surface area contributed by atoms with Crippen LogP contribution in [0.5, 0.6) is 0 Å². The van der Waals surface area contributed by atoms with E-state index in [1.54, 1.807) is 23.3 Å². The Morgan fingerprint density at radius 1 is 1.43 bits per heavy atom. The average Bonchev–Trinajstić information content (AvgIpc) is 2.67. The monoisotopic (exact) mass is 184 g/mol. The minimum atomic E-state index is 0.570. The highest BCUT2D eigenvalue weighted by Gasteiger charge is 1.98. The average molecular weight is 184 g/mol. The van der Waals surface area contributed by atoms with Crippen molar-refractivity contribution < 1.29 is 0 Å². The van der Waals surface area contributed by atoms with Crippen LogP contribution in [-0.2, 0) is 6.54 Å². The highest BCUT2D eigenvalue weighted by Crippen LogP contribution is 1.99. The third-order valence-corrected chi connectivity index (χ3v) is 1.81. The Labute approximate surface area is 81.4 Å². The molecule has 0 saturated carbocycles. The molecule has 68 valence electrons. The predicted octanol–water partition coefficient (Wildman–Crippen LogP) is 1.20. The zero-order valence-corrected chi connectivity index (χ0v) is 7.46. The summed E-state index contributed by atoms with van der Waals surface area (Å²) in [5.74, 6) is 0. The van der Waals surface area contributed by atoms with Crippen molar-refractivity contribution in [2.75, 3.05) is 0 Å². The van der Waals surface area contributed by atoms with Crippen molar-refractivity contribution in [1.82, 2.24) is 14.8 Å². The summed E-state index contributed by atoms with van der Waals surface area (Å²) in [6, 6.07) is 7.75. The number of rotatable bonds is 2. The van der Waals surface area contributed by atoms with Crippen molar-refractivity contribution in [1.29, 1.82) is 5.26 Å². The summed E-state index contributed by atoms with van der Waals surface area (Å²) in [6.45, 7) is 0.600. The molecule has 2 aromatic heterocycles. The van der Waals surface area contributed by atoms with Gasteiger partial charge < -0.3 is 0 Å². The molecule has 0 radical (unpaired) electrons. The summed E-state index contributed by atoms with van der Waals surface area (Å²) in [5.41, 5.74) is 1.50. The lowest BCUT2D eigenvalue weighted by molar-refractivity contribution is 0.672. The lowest BCUT2D eigenvalue weighted by Gasteiger charge is -1.98. The number of aromatic nitrogens is 3. The first kappa shape index (κ1) is 8.45. The number of hydrogen-bond acceptors (Lipinski definition) is 3. The maximum Gasteiger partial charge on any atom is 0.102 e. The number of pyridine rings is 1. The van der Waals surface area contributed by atoms with E-state index in [2.05, 4.69) is 10.1 Å². The molecule has 4 nitrogen and oxygen atoms in total. The summed E-state index contributed by atoms with van der Waals surface area (Å²) >= 11 is 0. The first-order valence-electron chi connectivity index (χ1n) is 4.21. The van der Waals surface area contributed by atoms with Crippen molar-refractivity contribution >= 4 is 0 Å². The fraction of sp³-hybridized carbons (Fsp3) is 0.100. The molecule has 0 amide bonds. The van der Waals surface area contributed by atoms with Crippen LogP contribution in [0.25, 0.3) is 0 Å². The van der Waals surface area contributed by atoms with Gasteiger partial charge in [0.1, 0.15) is 6.07 Å². The number of hydrogen-bond donors (Lipinski definition) is 0. The fourth-order valence-corrected chi connectivity index (χ4v) is 1.17. The van der Waals surface area contributed by atoms with Crippen LogP contribution in [-0.4, -0.2) is 14.8 Å². The Balaban J connectivity index is 2.16. The highest BCUT2D eigenvalue weighted by atomic mass is 15.3. The van der Waals surface area contributed by atoms with Gasteiger partial charge in [-0.15, -0.1) is 0 Å². The molecule has 4 heteroatoms. The lowest BCUT2D eigenvalue weighted by Crippen LogP contribution is -2.01. The summed E-state index contributed by atoms with van der Waals surface area (Å²) < 4.78 is 1.70. The number of nitriles is 1. The molecule has 0 fully saturated rings. The first-order valence-corrected chi connectivity index (χ1v) is 4.21. The van der Waals surface area contributed by atoms with Crippen LogP contribution in [0.2, 0.25) is 0 Å². The van der Waals surface area contributed by atoms with E-state index in [-0.39, 0.29) is 0 Å². The Morgan fingerprint density at radius 3 is 3.00 bits per heavy atom. The zero-order valence-electron chi connectivity index (χ0n) is 7.46. The number of nitrogens with zero attached hydrogens (tertiary/aromatic N) is 4. The van der Waals surface area contributed by atoms with Crippen LogP contribution in [0.1, 0.15) is 11.3 Å². The van der Waals surface area contributed by atoms with Crippen molar-refractivity contribution in [3.8, 4) is 6.07 Å². The smallest absolute Gasteiger partial charge is 0.102 e. The van der Waals surface area contributed by atoms with Crippen LogP contribution < -0.4 is 0 Å². The predicted molar refractivity (Wildman–Crippen MR) is 50.3 cm³/mol. The molecule has 2 aromatic rings. The molecular formula is C10H8N4. The van der Waals surface area contributed by atoms with E-state index in [1.807, 2.05) is 24.3 Å². The largest absolute Gasteiger partial charge is 0.265 e. The second-order valence-electron chi connectivity index (χ2n) is 2.86. The van der Waals surface area contributed by atoms with Gasteiger partial charge in [0.05, 0.1) is 24.0 Å². The summed E-state index contributed by atoms with van der Waals surface area (Å²) in [6.07, 6.45) is 4.99. The molecule has 0 unspecified atom stereocenters. The third kappa shape index (κ3) is 1.77. The van der Waals surface area contributed by atoms with Gasteiger partial charge in [0.2, 0.25) is 0 Å². The van der Waals surface area contributed by atoms with E-state index in [1.165, 1.54) is 0 Å². The maximum absolute atomic E-state index is 8.60. The molecule has 0 aromatic carbocycles. The van der Waals surface area contributed by atoms with Gasteiger partial charge in [0, 0.05) is 12.4 Å². The van der Waals surface area contributed by atoms with Gasteiger partial charge in [0.15, 0.2) is 0 Å². The molecule has 0 spiro atoms. The van der Waals surface area contributed by atoms with Gasteiger partial charge >= 0.3 is 0 Å². The Kier molecular flexibility index (Phi) is 2.24. The van der Waals surface area contributed by atoms with Crippen molar-refractivity contribution in [3.05, 3.63) is 48.0 Å². The molecule has 0 bridgehead atoms. The highest BCUT2D eigenvalue weighted by molar-refractivity contribution is 5.22. The van der Waals surface area contributed by atoms with E-state index in [0.717, 1.165) is 5.69 Å². The van der Waals surface area contributed by atoms with Crippen molar-refractivity contribution in [3.63, 3.8) is 0 Å². The molecule has 0 aliphatic heterocycles. The first-order chi connectivity index (χ1) is 6.88. The van der Waals surface area contributed by atoms with Gasteiger partial charge in [-0.25, -0.2) is 0 Å². The van der Waals surface area contributed by atoms with Gasteiger partial charge in [-0.1, -0.05) is 6.07 Å². The van der Waals surface area contributed by atoms with E-state index >= 15 is 0 Å². The molecule has 2 rings (SSSR count). The Bertz CT molecular complexity index is 452. The van der Waals surface area contributed by atoms with Gasteiger partial charge in [-0.2, -0.15) is 10.4 Å². The molecular weight excluding hydrogens is 176 g/mol. The van der Waals surface area contributed by atoms with E-state index in [4.69, 9.17) is 5.26 Å². The molecule has 0 aliphatic rings. The lowest BCUT2D eigenvalue weighted by atomic mass is 10.3. The van der Waals surface area contributed by atoms with Crippen LogP contribution in [0.3, 0.4) is 0 Å². The molecule has 0 aliphatic carbocycles. The molecule has 0 N–H and O–H groups in total. The topological polar surface area (TPSA) is 54.5 Å². The molecule has 14 heavy (non-hydrogen) atoms. The minimum absolute atomic E-state index is 0.570. The van der Waals surface area contributed by atoms with E-state index in [0.29, 0.717) is 12.1 Å². The third-order valence-electron chi connectivity index (χ3n) is 1.81. The van der Waals surface area contributed by atoms with Gasteiger partial charge in [-0.3, -0.25) is 9.67 Å². The second kappa shape index (κ2) is 3.71. The van der Waals surface area contributed by atoms with Gasteiger partial charge in [-0.05, 0) is 12.1 Å². The van der Waals surface area contributed by atoms with Crippen LogP contribution in [0.15, 0.2) is 36.8 Å². The quantitative estimate of drug-likeness (QED) is 0.704. The van der Waals surface area contributed by atoms with Crippen LogP contribution in [0.4, 0.5) is 0 Å². The Morgan fingerprint density at radius 2 is 2.36 bits per heavy atom. The van der Waals surface area contributed by atoms with Crippen molar-refractivity contribution in [2.24, 2.45) is 0 Å². The van der Waals surface area contributed by atoms with Gasteiger partial charge in [0.25, 0.3) is 0 Å². The summed E-state index contributed by atoms with van der Waals surface area (Å²) in [7, 11) is 0. The van der Waals surface area contributed by atoms with Crippen LogP contribution >= 0.6 is 0 Å². The summed E-state index contributed by atoms with van der Waals surface area (Å²) in [4.78, 5) is 4.17. The standard InChI is InChI=1S/C10H8N4/c11-5-9-6-13-14(7-9)8-10-3-1-2-4-12-10/h1-4,6-7H,8H2. The normalized spacial score (nSPS) is 9.64. The Hall–Kier alpha value is -2.15. The SMILES string of the molecule is N#Cc1cnn(Cc2ccccn2)c1. The van der Waals surface area contributed by atoms with E-state index in [9.17, 15) is 0 Å². The summed E-state index contributed by atoms with van der Waals surface area (Å²) in [5, 5.41) is 12.6. The maximum atomic E-state index is 8.60. The van der Waals surface area contributed by atoms with Crippen molar-refractivity contribution in [2.45, 2.75) is 6.54 Å². The van der Waals surface area contributed by atoms with Crippen LogP contribution in [0, 0.1) is 11.3 Å². The second-order valence-corrected chi connectivity index (χ2v) is 2.86. The fourth-order valence-electron chi connectivity index (χ4n) is 1.17. The van der Waals surface area contributed by atoms with E-state index < -0.39 is 0 Å². The zero-order chi connectivity index (χ0) is 9.80. The minimum Gasteiger partial charge on any atom is -0.265 e. The molecule has 0 saturated heterocycles.